The monoisotopic (exact) mass is 317 g/mol. The van der Waals surface area contributed by atoms with Gasteiger partial charge in [-0.1, -0.05) is 42.5 Å². The molecule has 0 radical (unpaired) electrons. The Bertz CT molecular complexity index is 740. The van der Waals surface area contributed by atoms with Gasteiger partial charge < -0.3 is 5.32 Å². The molecule has 0 heterocycles. The molecule has 1 N–H and O–H groups in total. The minimum atomic E-state index is -3.31. The maximum atomic E-state index is 12.1. The van der Waals surface area contributed by atoms with Crippen LogP contribution in [0.5, 0.6) is 0 Å². The number of carbonyl (C=O) groups excluding carboxylic acids is 1. The molecular weight excluding hydrogens is 298 g/mol. The summed E-state index contributed by atoms with van der Waals surface area (Å²) in [4.78, 5) is 11.8. The van der Waals surface area contributed by atoms with Gasteiger partial charge in [0.2, 0.25) is 5.91 Å². The standard InChI is InChI=1S/C17H19NO3S/c1-14-7-5-6-8-15(14)13-22(20,21)12-11-17(19)18-16-9-3-2-4-10-16/h2-10H,11-13H2,1H3,(H,18,19). The summed E-state index contributed by atoms with van der Waals surface area (Å²) in [6, 6.07) is 16.4. The molecule has 0 saturated carbocycles. The number of hydrogen-bond acceptors (Lipinski definition) is 3. The Labute approximate surface area is 131 Å². The summed E-state index contributed by atoms with van der Waals surface area (Å²) < 4.78 is 24.3. The molecule has 0 fully saturated rings. The number of para-hydroxylation sites is 1. The summed E-state index contributed by atoms with van der Waals surface area (Å²) in [5.41, 5.74) is 2.40. The predicted molar refractivity (Wildman–Crippen MR) is 88.4 cm³/mol. The van der Waals surface area contributed by atoms with Gasteiger partial charge in [0.1, 0.15) is 0 Å². The lowest BCUT2D eigenvalue weighted by Crippen LogP contribution is -2.18. The van der Waals surface area contributed by atoms with E-state index in [1.807, 2.05) is 43.3 Å². The summed E-state index contributed by atoms with van der Waals surface area (Å²) >= 11 is 0. The minimum absolute atomic E-state index is 0.0295. The molecule has 5 heteroatoms. The van der Waals surface area contributed by atoms with Gasteiger partial charge in [0.15, 0.2) is 9.84 Å². The van der Waals surface area contributed by atoms with Crippen molar-refractivity contribution in [3.05, 3.63) is 65.7 Å². The largest absolute Gasteiger partial charge is 0.326 e. The lowest BCUT2D eigenvalue weighted by Gasteiger charge is -2.08. The third kappa shape index (κ3) is 5.00. The second kappa shape index (κ2) is 7.22. The van der Waals surface area contributed by atoms with Gasteiger partial charge in [-0.2, -0.15) is 0 Å². The topological polar surface area (TPSA) is 63.2 Å². The average molecular weight is 317 g/mol. The number of rotatable bonds is 6. The van der Waals surface area contributed by atoms with E-state index in [1.165, 1.54) is 0 Å². The van der Waals surface area contributed by atoms with Crippen LogP contribution in [0.15, 0.2) is 54.6 Å². The first-order valence-corrected chi connectivity index (χ1v) is 8.88. The van der Waals surface area contributed by atoms with Gasteiger partial charge in [-0.3, -0.25) is 4.79 Å². The first-order chi connectivity index (χ1) is 10.5. The molecule has 0 aliphatic carbocycles. The molecule has 22 heavy (non-hydrogen) atoms. The van der Waals surface area contributed by atoms with E-state index in [4.69, 9.17) is 0 Å². The smallest absolute Gasteiger partial charge is 0.225 e. The lowest BCUT2D eigenvalue weighted by molar-refractivity contribution is -0.115. The first kappa shape index (κ1) is 16.2. The number of amides is 1. The highest BCUT2D eigenvalue weighted by Gasteiger charge is 2.15. The van der Waals surface area contributed by atoms with Gasteiger partial charge >= 0.3 is 0 Å². The van der Waals surface area contributed by atoms with E-state index in [0.717, 1.165) is 11.1 Å². The quantitative estimate of drug-likeness (QED) is 0.891. The van der Waals surface area contributed by atoms with Gasteiger partial charge in [0, 0.05) is 12.1 Å². The number of aryl methyl sites for hydroxylation is 1. The number of benzene rings is 2. The van der Waals surface area contributed by atoms with Gasteiger partial charge in [-0.25, -0.2) is 8.42 Å². The van der Waals surface area contributed by atoms with Crippen molar-refractivity contribution in [2.75, 3.05) is 11.1 Å². The van der Waals surface area contributed by atoms with Crippen LogP contribution in [-0.4, -0.2) is 20.1 Å². The van der Waals surface area contributed by atoms with E-state index in [1.54, 1.807) is 18.2 Å². The molecule has 4 nitrogen and oxygen atoms in total. The van der Waals surface area contributed by atoms with Crippen LogP contribution in [0.4, 0.5) is 5.69 Å². The Morgan fingerprint density at radius 1 is 1.00 bits per heavy atom. The number of sulfone groups is 1. The number of carbonyl (C=O) groups is 1. The average Bonchev–Trinajstić information content (AvgIpc) is 2.49. The van der Waals surface area contributed by atoms with Gasteiger partial charge in [0.25, 0.3) is 0 Å². The van der Waals surface area contributed by atoms with Gasteiger partial charge in [-0.15, -0.1) is 0 Å². The summed E-state index contributed by atoms with van der Waals surface area (Å²) in [6.45, 7) is 1.88. The molecule has 2 rings (SSSR count). The summed E-state index contributed by atoms with van der Waals surface area (Å²) in [7, 11) is -3.31. The maximum Gasteiger partial charge on any atom is 0.225 e. The van der Waals surface area contributed by atoms with Gasteiger partial charge in [0.05, 0.1) is 11.5 Å². The Kier molecular flexibility index (Phi) is 5.33. The molecule has 2 aromatic rings. The zero-order chi connectivity index (χ0) is 16.0. The number of hydrogen-bond donors (Lipinski definition) is 1. The minimum Gasteiger partial charge on any atom is -0.326 e. The molecule has 116 valence electrons. The Balaban J connectivity index is 1.90. The molecule has 0 spiro atoms. The Morgan fingerprint density at radius 3 is 2.32 bits per heavy atom. The van der Waals surface area contributed by atoms with Crippen LogP contribution in [-0.2, 0) is 20.4 Å². The molecule has 0 atom stereocenters. The molecule has 2 aromatic carbocycles. The van der Waals surface area contributed by atoms with Crippen molar-refractivity contribution in [1.29, 1.82) is 0 Å². The molecule has 0 unspecified atom stereocenters. The summed E-state index contributed by atoms with van der Waals surface area (Å²) in [5, 5.41) is 2.69. The molecule has 0 aromatic heterocycles. The van der Waals surface area contributed by atoms with E-state index in [2.05, 4.69) is 5.32 Å². The van der Waals surface area contributed by atoms with Crippen LogP contribution in [0.1, 0.15) is 17.5 Å². The second-order valence-electron chi connectivity index (χ2n) is 5.18. The van der Waals surface area contributed by atoms with E-state index in [9.17, 15) is 13.2 Å². The van der Waals surface area contributed by atoms with Crippen LogP contribution < -0.4 is 5.32 Å². The van der Waals surface area contributed by atoms with E-state index < -0.39 is 9.84 Å². The SMILES string of the molecule is Cc1ccccc1CS(=O)(=O)CCC(=O)Nc1ccccc1. The van der Waals surface area contributed by atoms with E-state index >= 15 is 0 Å². The van der Waals surface area contributed by atoms with Crippen LogP contribution in [0.2, 0.25) is 0 Å². The fraction of sp³-hybridized carbons (Fsp3) is 0.235. The van der Waals surface area contributed by atoms with Crippen LogP contribution >= 0.6 is 0 Å². The Morgan fingerprint density at radius 2 is 1.64 bits per heavy atom. The molecule has 1 amide bonds. The maximum absolute atomic E-state index is 12.1. The van der Waals surface area contributed by atoms with Crippen molar-refractivity contribution in [1.82, 2.24) is 0 Å². The highest BCUT2D eigenvalue weighted by atomic mass is 32.2. The zero-order valence-electron chi connectivity index (χ0n) is 12.5. The second-order valence-corrected chi connectivity index (χ2v) is 7.37. The third-order valence-corrected chi connectivity index (χ3v) is 4.91. The third-order valence-electron chi connectivity index (χ3n) is 3.33. The fourth-order valence-corrected chi connectivity index (χ4v) is 3.51. The predicted octanol–water partition coefficient (Wildman–Crippen LogP) is 2.94. The van der Waals surface area contributed by atoms with Crippen LogP contribution in [0.25, 0.3) is 0 Å². The van der Waals surface area contributed by atoms with Crippen molar-refractivity contribution in [3.63, 3.8) is 0 Å². The normalized spacial score (nSPS) is 11.1. The van der Waals surface area contributed by atoms with E-state index in [0.29, 0.717) is 5.69 Å². The highest BCUT2D eigenvalue weighted by molar-refractivity contribution is 7.90. The van der Waals surface area contributed by atoms with Crippen molar-refractivity contribution in [3.8, 4) is 0 Å². The molecule has 0 aliphatic rings. The fourth-order valence-electron chi connectivity index (χ4n) is 2.07. The number of nitrogens with one attached hydrogen (secondary N) is 1. The molecule has 0 saturated heterocycles. The summed E-state index contributed by atoms with van der Waals surface area (Å²) in [5.74, 6) is -0.474. The molecule has 0 aliphatic heterocycles. The zero-order valence-corrected chi connectivity index (χ0v) is 13.3. The molecule has 0 bridgehead atoms. The number of anilines is 1. The summed E-state index contributed by atoms with van der Waals surface area (Å²) in [6.07, 6.45) is -0.0386. The lowest BCUT2D eigenvalue weighted by atomic mass is 10.1. The highest BCUT2D eigenvalue weighted by Crippen LogP contribution is 2.13. The van der Waals surface area contributed by atoms with Crippen molar-refractivity contribution in [2.45, 2.75) is 19.1 Å². The van der Waals surface area contributed by atoms with Crippen LogP contribution in [0, 0.1) is 6.92 Å². The molecular formula is C17H19NO3S. The van der Waals surface area contributed by atoms with Crippen molar-refractivity contribution < 1.29 is 13.2 Å². The van der Waals surface area contributed by atoms with E-state index in [-0.39, 0.29) is 23.8 Å². The van der Waals surface area contributed by atoms with Crippen molar-refractivity contribution in [2.24, 2.45) is 0 Å². The Hall–Kier alpha value is -2.14. The van der Waals surface area contributed by atoms with Crippen molar-refractivity contribution >= 4 is 21.4 Å². The van der Waals surface area contributed by atoms with Crippen LogP contribution in [0.3, 0.4) is 0 Å². The first-order valence-electron chi connectivity index (χ1n) is 7.06. The van der Waals surface area contributed by atoms with Gasteiger partial charge in [-0.05, 0) is 30.2 Å².